The Morgan fingerprint density at radius 3 is 2.14 bits per heavy atom. The number of ether oxygens (including phenoxy) is 1. The van der Waals surface area contributed by atoms with Crippen LogP contribution in [0.2, 0.25) is 0 Å². The fourth-order valence-corrected chi connectivity index (χ4v) is 4.19. The normalized spacial score (nSPS) is 16.3. The van der Waals surface area contributed by atoms with Gasteiger partial charge >= 0.3 is 0 Å². The van der Waals surface area contributed by atoms with E-state index in [-0.39, 0.29) is 24.8 Å². The fraction of sp³-hybridized carbons (Fsp3) is 0.500. The van der Waals surface area contributed by atoms with Crippen molar-refractivity contribution in [1.82, 2.24) is 10.2 Å². The van der Waals surface area contributed by atoms with Gasteiger partial charge < -0.3 is 10.1 Å². The van der Waals surface area contributed by atoms with Gasteiger partial charge in [-0.25, -0.2) is 0 Å². The Labute approximate surface area is 189 Å². The molecular formula is C24H36Cl2N2O. The lowest BCUT2D eigenvalue weighted by atomic mass is 9.88. The lowest BCUT2D eigenvalue weighted by molar-refractivity contribution is 0.128. The number of halogens is 2. The summed E-state index contributed by atoms with van der Waals surface area (Å²) >= 11 is 0. The van der Waals surface area contributed by atoms with Gasteiger partial charge in [0.25, 0.3) is 0 Å². The van der Waals surface area contributed by atoms with Gasteiger partial charge in [-0.2, -0.15) is 0 Å². The number of rotatable bonds is 7. The van der Waals surface area contributed by atoms with Crippen molar-refractivity contribution in [2.45, 2.75) is 46.8 Å². The zero-order valence-corrected chi connectivity index (χ0v) is 19.7. The van der Waals surface area contributed by atoms with Gasteiger partial charge in [-0.15, -0.1) is 24.8 Å². The van der Waals surface area contributed by atoms with Gasteiger partial charge in [0.15, 0.2) is 0 Å². The molecule has 1 aliphatic heterocycles. The van der Waals surface area contributed by atoms with Crippen LogP contribution in [-0.2, 0) is 6.61 Å². The maximum absolute atomic E-state index is 6.20. The second-order valence-corrected chi connectivity index (χ2v) is 7.87. The van der Waals surface area contributed by atoms with Crippen LogP contribution in [-0.4, -0.2) is 31.1 Å². The van der Waals surface area contributed by atoms with Gasteiger partial charge in [0.05, 0.1) is 0 Å². The van der Waals surface area contributed by atoms with Gasteiger partial charge in [0, 0.05) is 32.2 Å². The molecule has 0 aliphatic carbocycles. The summed E-state index contributed by atoms with van der Waals surface area (Å²) in [6.45, 7) is 14.1. The maximum Gasteiger partial charge on any atom is 0.125 e. The zero-order valence-electron chi connectivity index (χ0n) is 18.1. The smallest absolute Gasteiger partial charge is 0.125 e. The molecule has 3 rings (SSSR count). The van der Waals surface area contributed by atoms with Gasteiger partial charge in [-0.1, -0.05) is 62.7 Å². The number of benzene rings is 2. The topological polar surface area (TPSA) is 24.5 Å². The van der Waals surface area contributed by atoms with Crippen molar-refractivity contribution in [2.24, 2.45) is 5.92 Å². The first kappa shape index (κ1) is 25.8. The second kappa shape index (κ2) is 12.4. The third-order valence-corrected chi connectivity index (χ3v) is 5.78. The highest BCUT2D eigenvalue weighted by molar-refractivity contribution is 5.85. The van der Waals surface area contributed by atoms with E-state index in [0.717, 1.165) is 31.9 Å². The number of aryl methyl sites for hydroxylation is 2. The molecule has 1 unspecified atom stereocenters. The summed E-state index contributed by atoms with van der Waals surface area (Å²) < 4.78 is 6.20. The maximum atomic E-state index is 6.20. The summed E-state index contributed by atoms with van der Waals surface area (Å²) in [5.41, 5.74) is 5.13. The Hall–Kier alpha value is -1.26. The fourth-order valence-electron chi connectivity index (χ4n) is 4.19. The van der Waals surface area contributed by atoms with Crippen LogP contribution in [0.15, 0.2) is 42.5 Å². The monoisotopic (exact) mass is 438 g/mol. The summed E-state index contributed by atoms with van der Waals surface area (Å²) in [5.74, 6) is 1.67. The number of hydrogen-bond acceptors (Lipinski definition) is 3. The molecule has 1 heterocycles. The van der Waals surface area contributed by atoms with Gasteiger partial charge in [-0.05, 0) is 42.0 Å². The minimum absolute atomic E-state index is 0. The minimum atomic E-state index is 0. The molecule has 2 aromatic rings. The Morgan fingerprint density at radius 2 is 1.59 bits per heavy atom. The van der Waals surface area contributed by atoms with Crippen LogP contribution < -0.4 is 10.1 Å². The third-order valence-electron chi connectivity index (χ3n) is 5.78. The van der Waals surface area contributed by atoms with Gasteiger partial charge in [-0.3, -0.25) is 4.90 Å². The molecule has 1 aliphatic rings. The first-order valence-corrected chi connectivity index (χ1v) is 10.3. The molecule has 1 N–H and O–H groups in total. The SMILES string of the molecule is CCC(C)[C@H](c1cc(C)c(OCc2ccccc2)c(C)c1)N1CCNCC1.Cl.Cl. The van der Waals surface area contributed by atoms with E-state index < -0.39 is 0 Å². The van der Waals surface area contributed by atoms with Crippen LogP contribution in [0.1, 0.15) is 48.6 Å². The highest BCUT2D eigenvalue weighted by atomic mass is 35.5. The Balaban J connectivity index is 0.00000210. The number of hydrogen-bond donors (Lipinski definition) is 1. The van der Waals surface area contributed by atoms with Crippen molar-refractivity contribution in [3.8, 4) is 5.75 Å². The standard InChI is InChI=1S/C24H34N2O.2ClH/c1-5-18(2)23(26-13-11-25-12-14-26)22-15-19(3)24(20(4)16-22)27-17-21-9-7-6-8-10-21;;/h6-10,15-16,18,23,25H,5,11-14,17H2,1-4H3;2*1H/t18?,23-;;/m1../s1. The molecule has 162 valence electrons. The van der Waals surface area contributed by atoms with Crippen LogP contribution in [0.4, 0.5) is 0 Å². The van der Waals surface area contributed by atoms with Crippen LogP contribution in [0.5, 0.6) is 5.75 Å². The lowest BCUT2D eigenvalue weighted by Crippen LogP contribution is -2.46. The van der Waals surface area contributed by atoms with E-state index in [4.69, 9.17) is 4.74 Å². The minimum Gasteiger partial charge on any atom is -0.488 e. The molecule has 0 saturated carbocycles. The molecule has 1 saturated heterocycles. The summed E-state index contributed by atoms with van der Waals surface area (Å²) in [6.07, 6.45) is 1.19. The summed E-state index contributed by atoms with van der Waals surface area (Å²) in [6, 6.07) is 15.6. The summed E-state index contributed by atoms with van der Waals surface area (Å²) in [5, 5.41) is 3.48. The van der Waals surface area contributed by atoms with Crippen LogP contribution in [0, 0.1) is 19.8 Å². The molecule has 1 fully saturated rings. The largest absolute Gasteiger partial charge is 0.488 e. The first-order chi connectivity index (χ1) is 13.1. The van der Waals surface area contributed by atoms with Crippen LogP contribution in [0.25, 0.3) is 0 Å². The number of nitrogens with zero attached hydrogens (tertiary/aromatic N) is 1. The number of nitrogens with one attached hydrogen (secondary N) is 1. The highest BCUT2D eigenvalue weighted by Gasteiger charge is 2.27. The predicted molar refractivity (Wildman–Crippen MR) is 128 cm³/mol. The quantitative estimate of drug-likeness (QED) is 0.597. The van der Waals surface area contributed by atoms with Crippen molar-refractivity contribution in [3.63, 3.8) is 0 Å². The molecule has 0 spiro atoms. The van der Waals surface area contributed by atoms with Crippen molar-refractivity contribution < 1.29 is 4.74 Å². The molecule has 0 radical (unpaired) electrons. The van der Waals surface area contributed by atoms with E-state index in [1.807, 2.05) is 6.07 Å². The van der Waals surface area contributed by atoms with E-state index in [0.29, 0.717) is 18.6 Å². The molecule has 3 nitrogen and oxygen atoms in total. The summed E-state index contributed by atoms with van der Waals surface area (Å²) in [4.78, 5) is 2.66. The molecule has 0 aromatic heterocycles. The molecule has 2 aromatic carbocycles. The zero-order chi connectivity index (χ0) is 19.2. The van der Waals surface area contributed by atoms with Crippen molar-refractivity contribution >= 4 is 24.8 Å². The molecule has 29 heavy (non-hydrogen) atoms. The molecule has 2 atom stereocenters. The Bertz CT molecular complexity index is 710. The van der Waals surface area contributed by atoms with E-state index in [9.17, 15) is 0 Å². The van der Waals surface area contributed by atoms with E-state index in [2.05, 4.69) is 74.3 Å². The van der Waals surface area contributed by atoms with Crippen molar-refractivity contribution in [1.29, 1.82) is 0 Å². The van der Waals surface area contributed by atoms with Crippen LogP contribution >= 0.6 is 24.8 Å². The average molecular weight is 439 g/mol. The molecule has 5 heteroatoms. The third kappa shape index (κ3) is 6.62. The van der Waals surface area contributed by atoms with Crippen molar-refractivity contribution in [3.05, 3.63) is 64.7 Å². The Morgan fingerprint density at radius 1 is 1.00 bits per heavy atom. The molecule has 0 bridgehead atoms. The first-order valence-electron chi connectivity index (χ1n) is 10.3. The van der Waals surface area contributed by atoms with E-state index in [1.165, 1.54) is 28.7 Å². The van der Waals surface area contributed by atoms with Crippen molar-refractivity contribution in [2.75, 3.05) is 26.2 Å². The van der Waals surface area contributed by atoms with Gasteiger partial charge in [0.1, 0.15) is 12.4 Å². The Kier molecular flexibility index (Phi) is 11.1. The van der Waals surface area contributed by atoms with E-state index >= 15 is 0 Å². The molecular weight excluding hydrogens is 403 g/mol. The van der Waals surface area contributed by atoms with Gasteiger partial charge in [0.2, 0.25) is 0 Å². The predicted octanol–water partition coefficient (Wildman–Crippen LogP) is 5.72. The average Bonchev–Trinajstić information content (AvgIpc) is 2.69. The van der Waals surface area contributed by atoms with E-state index in [1.54, 1.807) is 0 Å². The second-order valence-electron chi connectivity index (χ2n) is 7.87. The lowest BCUT2D eigenvalue weighted by Gasteiger charge is -2.39. The number of piperazine rings is 1. The summed E-state index contributed by atoms with van der Waals surface area (Å²) in [7, 11) is 0. The molecule has 0 amide bonds. The highest BCUT2D eigenvalue weighted by Crippen LogP contribution is 2.35. The van der Waals surface area contributed by atoms with Crippen LogP contribution in [0.3, 0.4) is 0 Å².